The Morgan fingerprint density at radius 3 is 3.16 bits per heavy atom. The number of nitrogens with one attached hydrogen (secondary N) is 1. The molecule has 1 aliphatic rings. The van der Waals surface area contributed by atoms with Crippen molar-refractivity contribution in [3.05, 3.63) is 41.6 Å². The fraction of sp³-hybridized carbons (Fsp3) is 0.429. The minimum atomic E-state index is 0.251. The van der Waals surface area contributed by atoms with E-state index in [1.54, 1.807) is 0 Å². The maximum Gasteiger partial charge on any atom is 0.224 e. The first-order valence-corrected chi connectivity index (χ1v) is 7.61. The number of nitrogens with zero attached hydrogens (tertiary/aromatic N) is 2. The van der Waals surface area contributed by atoms with Gasteiger partial charge in [-0.2, -0.15) is 0 Å². The van der Waals surface area contributed by atoms with Crippen LogP contribution in [0, 0.1) is 0 Å². The molecule has 2 heterocycles. The van der Waals surface area contributed by atoms with E-state index in [1.807, 2.05) is 11.8 Å². The largest absolute Gasteiger partial charge is 0.425 e. The number of hydrogen-bond donors (Lipinski definition) is 1. The molecule has 19 heavy (non-hydrogen) atoms. The Kier molecular flexibility index (Phi) is 3.84. The third-order valence-electron chi connectivity index (χ3n) is 3.25. The molecule has 2 aromatic rings. The lowest BCUT2D eigenvalue weighted by molar-refractivity contribution is 0.436. The van der Waals surface area contributed by atoms with Crippen LogP contribution in [0.4, 0.5) is 0 Å². The van der Waals surface area contributed by atoms with Gasteiger partial charge in [0.2, 0.25) is 11.8 Å². The molecule has 5 heteroatoms. The summed E-state index contributed by atoms with van der Waals surface area (Å²) in [7, 11) is 0. The van der Waals surface area contributed by atoms with Crippen molar-refractivity contribution in [3.8, 4) is 0 Å². The predicted molar refractivity (Wildman–Crippen MR) is 75.6 cm³/mol. The highest BCUT2D eigenvalue weighted by molar-refractivity contribution is 7.99. The molecule has 0 aliphatic carbocycles. The van der Waals surface area contributed by atoms with E-state index in [4.69, 9.17) is 4.42 Å². The normalized spacial score (nSPS) is 17.6. The summed E-state index contributed by atoms with van der Waals surface area (Å²) in [6.45, 7) is 3.94. The van der Waals surface area contributed by atoms with E-state index < -0.39 is 0 Å². The molecular weight excluding hydrogens is 258 g/mol. The molecule has 0 saturated carbocycles. The van der Waals surface area contributed by atoms with Gasteiger partial charge < -0.3 is 9.73 Å². The SMILES string of the molecule is CCNCCc1nnc(C2CSc3ccccc32)o1. The summed E-state index contributed by atoms with van der Waals surface area (Å²) in [6, 6.07) is 8.45. The standard InChI is InChI=1S/C14H17N3OS/c1-2-15-8-7-13-16-17-14(18-13)11-9-19-12-6-4-3-5-10(11)12/h3-6,11,15H,2,7-9H2,1H3. The van der Waals surface area contributed by atoms with Gasteiger partial charge in [0.1, 0.15) is 0 Å². The topological polar surface area (TPSA) is 51.0 Å². The second-order valence-electron chi connectivity index (χ2n) is 4.54. The Labute approximate surface area is 117 Å². The third kappa shape index (κ3) is 2.67. The van der Waals surface area contributed by atoms with Crippen molar-refractivity contribution >= 4 is 11.8 Å². The molecule has 1 N–H and O–H groups in total. The van der Waals surface area contributed by atoms with E-state index in [9.17, 15) is 0 Å². The average Bonchev–Trinajstić information content (AvgIpc) is 3.05. The van der Waals surface area contributed by atoms with Crippen LogP contribution in [0.5, 0.6) is 0 Å². The van der Waals surface area contributed by atoms with Crippen LogP contribution in [0.3, 0.4) is 0 Å². The number of aromatic nitrogens is 2. The highest BCUT2D eigenvalue weighted by Crippen LogP contribution is 2.42. The Balaban J connectivity index is 1.74. The molecule has 1 atom stereocenters. The van der Waals surface area contributed by atoms with Crippen LogP contribution in [-0.4, -0.2) is 29.0 Å². The molecule has 4 nitrogen and oxygen atoms in total. The molecule has 1 unspecified atom stereocenters. The summed E-state index contributed by atoms with van der Waals surface area (Å²) >= 11 is 1.86. The molecule has 3 rings (SSSR count). The van der Waals surface area contributed by atoms with Gasteiger partial charge in [-0.3, -0.25) is 0 Å². The van der Waals surface area contributed by atoms with E-state index in [-0.39, 0.29) is 5.92 Å². The molecular formula is C14H17N3OS. The highest BCUT2D eigenvalue weighted by Gasteiger charge is 2.28. The molecule has 0 fully saturated rings. The van der Waals surface area contributed by atoms with Crippen LogP contribution in [0.15, 0.2) is 33.6 Å². The van der Waals surface area contributed by atoms with E-state index in [0.717, 1.165) is 37.0 Å². The van der Waals surface area contributed by atoms with E-state index in [0.29, 0.717) is 0 Å². The number of thioether (sulfide) groups is 1. The zero-order chi connectivity index (χ0) is 13.1. The van der Waals surface area contributed by atoms with Gasteiger partial charge in [-0.15, -0.1) is 22.0 Å². The van der Waals surface area contributed by atoms with Gasteiger partial charge in [-0.25, -0.2) is 0 Å². The molecule has 100 valence electrons. The van der Waals surface area contributed by atoms with Gasteiger partial charge in [-0.05, 0) is 18.2 Å². The summed E-state index contributed by atoms with van der Waals surface area (Å²) in [6.07, 6.45) is 0.794. The van der Waals surface area contributed by atoms with Crippen molar-refractivity contribution in [2.75, 3.05) is 18.8 Å². The van der Waals surface area contributed by atoms with Crippen LogP contribution in [0.1, 0.15) is 30.2 Å². The summed E-state index contributed by atoms with van der Waals surface area (Å²) < 4.78 is 5.80. The molecule has 0 radical (unpaired) electrons. The summed E-state index contributed by atoms with van der Waals surface area (Å²) in [5.41, 5.74) is 1.31. The van der Waals surface area contributed by atoms with Gasteiger partial charge in [0, 0.05) is 23.6 Å². The second kappa shape index (κ2) is 5.75. The molecule has 1 aromatic carbocycles. The maximum atomic E-state index is 5.80. The lowest BCUT2D eigenvalue weighted by Gasteiger charge is -2.04. The van der Waals surface area contributed by atoms with Gasteiger partial charge in [0.25, 0.3) is 0 Å². The van der Waals surface area contributed by atoms with Crippen LogP contribution in [0.25, 0.3) is 0 Å². The zero-order valence-corrected chi connectivity index (χ0v) is 11.7. The second-order valence-corrected chi connectivity index (χ2v) is 5.60. The molecule has 0 saturated heterocycles. The fourth-order valence-corrected chi connectivity index (χ4v) is 3.47. The Bertz CT molecular complexity index is 555. The summed E-state index contributed by atoms with van der Waals surface area (Å²) in [5, 5.41) is 11.6. The number of rotatable bonds is 5. The van der Waals surface area contributed by atoms with Gasteiger partial charge >= 0.3 is 0 Å². The first-order valence-electron chi connectivity index (χ1n) is 6.63. The number of benzene rings is 1. The lowest BCUT2D eigenvalue weighted by Crippen LogP contribution is -2.16. The molecule has 1 aliphatic heterocycles. The van der Waals surface area contributed by atoms with E-state index in [1.165, 1.54) is 10.5 Å². The van der Waals surface area contributed by atoms with E-state index >= 15 is 0 Å². The van der Waals surface area contributed by atoms with Crippen LogP contribution in [-0.2, 0) is 6.42 Å². The maximum absolute atomic E-state index is 5.80. The van der Waals surface area contributed by atoms with Crippen molar-refractivity contribution in [2.45, 2.75) is 24.2 Å². The van der Waals surface area contributed by atoms with Gasteiger partial charge in [0.15, 0.2) is 0 Å². The summed E-state index contributed by atoms with van der Waals surface area (Å²) in [5.74, 6) is 2.73. The lowest BCUT2D eigenvalue weighted by atomic mass is 10.0. The Hall–Kier alpha value is -1.33. The van der Waals surface area contributed by atoms with Crippen LogP contribution < -0.4 is 5.32 Å². The van der Waals surface area contributed by atoms with Crippen molar-refractivity contribution in [1.29, 1.82) is 0 Å². The summed E-state index contributed by atoms with van der Waals surface area (Å²) in [4.78, 5) is 1.33. The number of likely N-dealkylation sites (N-methyl/N-ethyl adjacent to an activating group) is 1. The van der Waals surface area contributed by atoms with Gasteiger partial charge in [-0.1, -0.05) is 25.1 Å². The molecule has 0 bridgehead atoms. The predicted octanol–water partition coefficient (Wildman–Crippen LogP) is 2.46. The minimum absolute atomic E-state index is 0.251. The van der Waals surface area contributed by atoms with Crippen LogP contribution in [0.2, 0.25) is 0 Å². The highest BCUT2D eigenvalue weighted by atomic mass is 32.2. The number of fused-ring (bicyclic) bond motifs is 1. The van der Waals surface area contributed by atoms with Crippen LogP contribution >= 0.6 is 11.8 Å². The minimum Gasteiger partial charge on any atom is -0.425 e. The monoisotopic (exact) mass is 275 g/mol. The average molecular weight is 275 g/mol. The van der Waals surface area contributed by atoms with Crippen molar-refractivity contribution < 1.29 is 4.42 Å². The number of hydrogen-bond acceptors (Lipinski definition) is 5. The van der Waals surface area contributed by atoms with Gasteiger partial charge in [0.05, 0.1) is 5.92 Å². The zero-order valence-electron chi connectivity index (χ0n) is 10.9. The quantitative estimate of drug-likeness (QED) is 0.849. The first kappa shape index (κ1) is 12.7. The molecule has 1 aromatic heterocycles. The molecule has 0 amide bonds. The smallest absolute Gasteiger partial charge is 0.224 e. The van der Waals surface area contributed by atoms with Crippen molar-refractivity contribution in [2.24, 2.45) is 0 Å². The Morgan fingerprint density at radius 1 is 1.37 bits per heavy atom. The Morgan fingerprint density at radius 2 is 2.26 bits per heavy atom. The first-order chi connectivity index (χ1) is 9.38. The third-order valence-corrected chi connectivity index (χ3v) is 4.43. The van der Waals surface area contributed by atoms with Crippen molar-refractivity contribution in [1.82, 2.24) is 15.5 Å². The van der Waals surface area contributed by atoms with E-state index in [2.05, 4.69) is 46.7 Å². The van der Waals surface area contributed by atoms with Crippen molar-refractivity contribution in [3.63, 3.8) is 0 Å². The molecule has 0 spiro atoms. The fourth-order valence-electron chi connectivity index (χ4n) is 2.25.